The number of hydrogen-bond donors (Lipinski definition) is 2. The number of carbonyl (C=O) groups is 2. The van der Waals surface area contributed by atoms with Gasteiger partial charge in [0.05, 0.1) is 19.9 Å². The van der Waals surface area contributed by atoms with Gasteiger partial charge in [-0.05, 0) is 25.1 Å². The lowest BCUT2D eigenvalue weighted by Crippen LogP contribution is -2.23. The maximum atomic E-state index is 11.0. The van der Waals surface area contributed by atoms with Crippen LogP contribution in [0.3, 0.4) is 0 Å². The topological polar surface area (TPSA) is 85.9 Å². The molecule has 0 aliphatic rings. The maximum absolute atomic E-state index is 11.0. The Bertz CT molecular complexity index is 490. The highest BCUT2D eigenvalue weighted by Gasteiger charge is 2.12. The number of benzene rings is 1. The molecule has 2 N–H and O–H groups in total. The molecule has 20 heavy (non-hydrogen) atoms. The predicted octanol–water partition coefficient (Wildman–Crippen LogP) is 2.19. The summed E-state index contributed by atoms with van der Waals surface area (Å²) in [7, 11) is 2.75. The Kier molecular flexibility index (Phi) is 5.64. The van der Waals surface area contributed by atoms with Crippen LogP contribution in [0.4, 0.5) is 16.2 Å². The molecular weight excluding hydrogens is 264 g/mol. The van der Waals surface area contributed by atoms with Gasteiger partial charge < -0.3 is 24.8 Å². The molecule has 110 valence electrons. The molecule has 1 unspecified atom stereocenters. The zero-order valence-corrected chi connectivity index (χ0v) is 11.9. The molecule has 1 atom stereocenters. The Hall–Kier alpha value is -2.44. The summed E-state index contributed by atoms with van der Waals surface area (Å²) in [5, 5.41) is 5.60. The van der Waals surface area contributed by atoms with Crippen LogP contribution in [-0.4, -0.2) is 32.5 Å². The van der Waals surface area contributed by atoms with E-state index in [4.69, 9.17) is 9.47 Å². The molecule has 1 aromatic rings. The number of ether oxygens (including phenoxy) is 3. The minimum Gasteiger partial charge on any atom is -0.495 e. The third kappa shape index (κ3) is 4.68. The minimum atomic E-state index is -0.790. The summed E-state index contributed by atoms with van der Waals surface area (Å²) < 4.78 is 14.5. The minimum absolute atomic E-state index is 0.181. The lowest BCUT2D eigenvalue weighted by atomic mass is 10.2. The summed E-state index contributed by atoms with van der Waals surface area (Å²) in [5.74, 6) is 0.374. The van der Waals surface area contributed by atoms with Crippen molar-refractivity contribution in [3.05, 3.63) is 18.2 Å². The van der Waals surface area contributed by atoms with Crippen molar-refractivity contribution in [1.82, 2.24) is 0 Å². The lowest BCUT2D eigenvalue weighted by molar-refractivity contribution is -0.114. The van der Waals surface area contributed by atoms with Crippen LogP contribution >= 0.6 is 0 Å². The number of nitrogens with one attached hydrogen (secondary N) is 2. The Morgan fingerprint density at radius 3 is 2.50 bits per heavy atom. The summed E-state index contributed by atoms with van der Waals surface area (Å²) in [4.78, 5) is 22.0. The van der Waals surface area contributed by atoms with E-state index in [1.54, 1.807) is 25.1 Å². The zero-order chi connectivity index (χ0) is 15.1. The molecule has 0 aliphatic carbocycles. The SMILES string of the molecule is COC(=O)OC(C)Nc1cc(NC(C)=O)ccc1OC. The van der Waals surface area contributed by atoms with Crippen LogP contribution < -0.4 is 15.4 Å². The number of anilines is 2. The smallest absolute Gasteiger partial charge is 0.495 e. The largest absolute Gasteiger partial charge is 0.509 e. The van der Waals surface area contributed by atoms with E-state index >= 15 is 0 Å². The van der Waals surface area contributed by atoms with Crippen LogP contribution in [0.5, 0.6) is 5.75 Å². The summed E-state index contributed by atoms with van der Waals surface area (Å²) in [6.07, 6.45) is -1.41. The first-order valence-corrected chi connectivity index (χ1v) is 5.93. The van der Waals surface area contributed by atoms with Gasteiger partial charge in [0.25, 0.3) is 0 Å². The van der Waals surface area contributed by atoms with Gasteiger partial charge in [0.15, 0.2) is 6.23 Å². The first-order chi connectivity index (χ1) is 9.46. The van der Waals surface area contributed by atoms with E-state index in [9.17, 15) is 9.59 Å². The van der Waals surface area contributed by atoms with Crippen LogP contribution in [0, 0.1) is 0 Å². The van der Waals surface area contributed by atoms with E-state index < -0.39 is 12.4 Å². The first-order valence-electron chi connectivity index (χ1n) is 5.93. The van der Waals surface area contributed by atoms with Crippen molar-refractivity contribution in [2.75, 3.05) is 24.9 Å². The van der Waals surface area contributed by atoms with E-state index in [0.29, 0.717) is 17.1 Å². The van der Waals surface area contributed by atoms with Gasteiger partial charge in [-0.2, -0.15) is 0 Å². The summed E-state index contributed by atoms with van der Waals surface area (Å²) >= 11 is 0. The fourth-order valence-corrected chi connectivity index (χ4v) is 1.54. The fraction of sp³-hybridized carbons (Fsp3) is 0.385. The molecule has 7 heteroatoms. The number of hydrogen-bond acceptors (Lipinski definition) is 6. The number of carbonyl (C=O) groups excluding carboxylic acids is 2. The van der Waals surface area contributed by atoms with Crippen LogP contribution in [0.15, 0.2) is 18.2 Å². The Balaban J connectivity index is 2.84. The van der Waals surface area contributed by atoms with Crippen LogP contribution in [0.2, 0.25) is 0 Å². The fourth-order valence-electron chi connectivity index (χ4n) is 1.54. The molecule has 1 rings (SSSR count). The summed E-state index contributed by atoms with van der Waals surface area (Å²) in [6.45, 7) is 3.06. The number of rotatable bonds is 5. The molecule has 0 saturated carbocycles. The Labute approximate surface area is 117 Å². The highest BCUT2D eigenvalue weighted by molar-refractivity contribution is 5.89. The van der Waals surface area contributed by atoms with Gasteiger partial charge in [-0.3, -0.25) is 4.79 Å². The van der Waals surface area contributed by atoms with Gasteiger partial charge in [0.1, 0.15) is 5.75 Å². The van der Waals surface area contributed by atoms with Crippen molar-refractivity contribution >= 4 is 23.4 Å². The molecule has 7 nitrogen and oxygen atoms in total. The second kappa shape index (κ2) is 7.22. The lowest BCUT2D eigenvalue weighted by Gasteiger charge is -2.18. The van der Waals surface area contributed by atoms with Crippen molar-refractivity contribution in [2.45, 2.75) is 20.1 Å². The quantitative estimate of drug-likeness (QED) is 0.636. The summed E-state index contributed by atoms with van der Waals surface area (Å²) in [6, 6.07) is 5.08. The highest BCUT2D eigenvalue weighted by atomic mass is 16.7. The van der Waals surface area contributed by atoms with Crippen molar-refractivity contribution < 1.29 is 23.8 Å². The van der Waals surface area contributed by atoms with Crippen molar-refractivity contribution in [3.8, 4) is 5.75 Å². The average Bonchev–Trinajstić information content (AvgIpc) is 2.38. The van der Waals surface area contributed by atoms with E-state index in [1.807, 2.05) is 0 Å². The van der Waals surface area contributed by atoms with Gasteiger partial charge in [-0.15, -0.1) is 0 Å². The van der Waals surface area contributed by atoms with Gasteiger partial charge in [0.2, 0.25) is 5.91 Å². The van der Waals surface area contributed by atoms with E-state index in [-0.39, 0.29) is 5.91 Å². The monoisotopic (exact) mass is 282 g/mol. The Morgan fingerprint density at radius 2 is 1.95 bits per heavy atom. The molecule has 1 amide bonds. The first kappa shape index (κ1) is 15.6. The average molecular weight is 282 g/mol. The maximum Gasteiger partial charge on any atom is 0.509 e. The van der Waals surface area contributed by atoms with Crippen molar-refractivity contribution in [1.29, 1.82) is 0 Å². The Morgan fingerprint density at radius 1 is 1.25 bits per heavy atom. The van der Waals surface area contributed by atoms with Crippen LogP contribution in [-0.2, 0) is 14.3 Å². The molecule has 0 spiro atoms. The second-order valence-corrected chi connectivity index (χ2v) is 3.95. The van der Waals surface area contributed by atoms with E-state index in [0.717, 1.165) is 0 Å². The molecule has 0 radical (unpaired) electrons. The summed E-state index contributed by atoms with van der Waals surface area (Å²) in [5.41, 5.74) is 1.18. The molecule has 1 aromatic carbocycles. The normalized spacial score (nSPS) is 11.2. The molecule has 0 aliphatic heterocycles. The molecular formula is C13H18N2O5. The van der Waals surface area contributed by atoms with Gasteiger partial charge >= 0.3 is 6.16 Å². The molecule has 0 saturated heterocycles. The van der Waals surface area contributed by atoms with Crippen molar-refractivity contribution in [3.63, 3.8) is 0 Å². The van der Waals surface area contributed by atoms with E-state index in [1.165, 1.54) is 21.1 Å². The standard InChI is InChI=1S/C13H18N2O5/c1-8(16)14-10-5-6-12(18-3)11(7-10)15-9(2)20-13(17)19-4/h5-7,9,15H,1-4H3,(H,14,16). The molecule has 0 bridgehead atoms. The second-order valence-electron chi connectivity index (χ2n) is 3.95. The van der Waals surface area contributed by atoms with Gasteiger partial charge in [-0.25, -0.2) is 4.79 Å². The highest BCUT2D eigenvalue weighted by Crippen LogP contribution is 2.28. The third-order valence-electron chi connectivity index (χ3n) is 2.32. The van der Waals surface area contributed by atoms with Crippen LogP contribution in [0.1, 0.15) is 13.8 Å². The number of amides is 1. The molecule has 0 aromatic heterocycles. The van der Waals surface area contributed by atoms with Gasteiger partial charge in [-0.1, -0.05) is 0 Å². The van der Waals surface area contributed by atoms with Crippen LogP contribution in [0.25, 0.3) is 0 Å². The molecule has 0 fully saturated rings. The van der Waals surface area contributed by atoms with E-state index in [2.05, 4.69) is 15.4 Å². The number of methoxy groups -OCH3 is 2. The third-order valence-corrected chi connectivity index (χ3v) is 2.32. The van der Waals surface area contributed by atoms with Crippen molar-refractivity contribution in [2.24, 2.45) is 0 Å². The molecule has 0 heterocycles. The van der Waals surface area contributed by atoms with Gasteiger partial charge in [0, 0.05) is 12.6 Å². The zero-order valence-electron chi connectivity index (χ0n) is 11.9. The predicted molar refractivity (Wildman–Crippen MR) is 73.9 cm³/mol.